The summed E-state index contributed by atoms with van der Waals surface area (Å²) in [4.78, 5) is 0. The molecule has 4 heterocycles. The third-order valence-corrected chi connectivity index (χ3v) is 81.0. The van der Waals surface area contributed by atoms with Crippen LogP contribution in [0.4, 0.5) is 0 Å². The van der Waals surface area contributed by atoms with E-state index >= 15 is 0 Å². The van der Waals surface area contributed by atoms with Crippen LogP contribution in [-0.2, 0) is 70.0 Å². The second-order valence-electron chi connectivity index (χ2n) is 30.4. The normalized spacial score (nSPS) is 31.7. The zero-order chi connectivity index (χ0) is 71.8. The minimum atomic E-state index is -2.60. The lowest BCUT2D eigenvalue weighted by molar-refractivity contribution is 0.236. The first-order valence-corrected chi connectivity index (χ1v) is 86.1. The third kappa shape index (κ3) is 43.6. The molecule has 0 saturated carbocycles. The van der Waals surface area contributed by atoms with Gasteiger partial charge in [0.2, 0.25) is 0 Å². The summed E-state index contributed by atoms with van der Waals surface area (Å²) in [6, 6.07) is 0. The highest BCUT2D eigenvalue weighted by Gasteiger charge is 2.56. The van der Waals surface area contributed by atoms with Gasteiger partial charge in [0.25, 0.3) is 0 Å². The van der Waals surface area contributed by atoms with Crippen LogP contribution in [0.25, 0.3) is 0 Å². The average molecular weight is 1590 g/mol. The van der Waals surface area contributed by atoms with Crippen molar-refractivity contribution in [3.8, 4) is 0 Å². The van der Waals surface area contributed by atoms with Crippen LogP contribution < -0.4 is 0 Å². The van der Waals surface area contributed by atoms with Crippen molar-refractivity contribution >= 4 is 171 Å². The van der Waals surface area contributed by atoms with Gasteiger partial charge >= 0.3 is 128 Å². The van der Waals surface area contributed by atoms with Crippen LogP contribution in [0.2, 0.25) is 236 Å². The van der Waals surface area contributed by atoms with Crippen molar-refractivity contribution in [3.05, 3.63) is 98.2 Å². The standard InChI is InChI=1S/C12H24O4Si4.C9H18O3Si3.C8H24O4Si4.C8H24O2Si3.C6H18O3Si3.C5H12Si.C4H14OSi2/c1-9-17(5)13-18(6,10-2)15-20(8,12-4)16-19(7,11-3)14-17;1-7-13(4)10-14(5,8-2)12-15(6,9-3)11-13;1-13(2)9-14(3,4)11-16(7,8)12-15(5,6)10-13;1-11(2,3)9-13(7,8)10-12(4,5)6;1-10(2)7-11(3,4)9-12(5,6)8-10;1-5-6(2,3)4;1-6(2)5-7(3)4/h9-12H,1-4H2,5-8H3;7-9H,1-3H2,4-6H3;1-8H3;1-8H3;1-6H3;5H,1H2,2-4H3;6-7H,1-4H3. The summed E-state index contributed by atoms with van der Waals surface area (Å²) in [5.74, 6) is 0. The largest absolute Gasteiger partial charge is 0.461 e. The molecule has 0 unspecified atom stereocenters. The molecule has 0 aromatic heterocycles. The second-order valence-corrected chi connectivity index (χ2v) is 102. The Kier molecular flexibility index (Phi) is 37.9. The molecule has 4 aliphatic rings. The topological polar surface area (TPSA) is 157 Å². The van der Waals surface area contributed by atoms with E-state index in [1.54, 1.807) is 39.9 Å². The Bertz CT molecular complexity index is 2000. The fourth-order valence-corrected chi connectivity index (χ4v) is 94.5. The molecule has 4 fully saturated rings. The number of rotatable bonds is 14. The van der Waals surface area contributed by atoms with E-state index in [1.807, 2.05) is 45.8 Å². The van der Waals surface area contributed by atoms with Crippen LogP contribution in [0.5, 0.6) is 0 Å². The van der Waals surface area contributed by atoms with Gasteiger partial charge in [-0.25, -0.2) is 0 Å². The van der Waals surface area contributed by atoms with Crippen LogP contribution in [0.3, 0.4) is 0 Å². The van der Waals surface area contributed by atoms with Gasteiger partial charge in [-0.15, -0.1) is 58.3 Å². The van der Waals surface area contributed by atoms with E-state index in [9.17, 15) is 0 Å². The summed E-state index contributed by atoms with van der Waals surface area (Å²) < 4.78 is 103. The fraction of sp³-hybridized carbons (Fsp3) is 0.692. The molecule has 0 aromatic rings. The van der Waals surface area contributed by atoms with E-state index in [4.69, 9.17) is 70.0 Å². The lowest BCUT2D eigenvalue weighted by atomic mass is 11.3. The summed E-state index contributed by atoms with van der Waals surface area (Å²) in [5, 5.41) is 0. The van der Waals surface area contributed by atoms with E-state index in [2.05, 4.69) is 248 Å². The maximum absolute atomic E-state index is 6.25. The van der Waals surface area contributed by atoms with Crippen LogP contribution >= 0.6 is 0 Å². The van der Waals surface area contributed by atoms with Gasteiger partial charge < -0.3 is 70.0 Å². The van der Waals surface area contributed by atoms with E-state index < -0.39 is 171 Å². The Hall–Kier alpha value is 1.58. The van der Waals surface area contributed by atoms with Crippen molar-refractivity contribution in [1.29, 1.82) is 0 Å². The summed E-state index contributed by atoms with van der Waals surface area (Å²) in [6.45, 7) is 107. The van der Waals surface area contributed by atoms with Gasteiger partial charge in [0.15, 0.2) is 34.7 Å². The predicted octanol–water partition coefficient (Wildman–Crippen LogP) is 17.1. The molecule has 0 N–H and O–H groups in total. The molecule has 89 heavy (non-hydrogen) atoms. The zero-order valence-corrected chi connectivity index (χ0v) is 83.7. The van der Waals surface area contributed by atoms with Gasteiger partial charge in [0.1, 0.15) is 0 Å². The Morgan fingerprint density at radius 2 is 0.382 bits per heavy atom. The van der Waals surface area contributed by atoms with Crippen LogP contribution in [0, 0.1) is 0 Å². The molecular weight excluding hydrogens is 1460 g/mol. The van der Waals surface area contributed by atoms with Crippen molar-refractivity contribution in [2.75, 3.05) is 0 Å². The van der Waals surface area contributed by atoms with Crippen molar-refractivity contribution in [2.45, 2.75) is 236 Å². The summed E-state index contributed by atoms with van der Waals surface area (Å²) in [6.07, 6.45) is 0. The molecule has 37 heteroatoms. The SMILES string of the molecule is C=C[Si](C)(C)C.C=C[Si]1(C)O[Si](C)(C=C)O[Si](C)(C=C)O1.C=C[Si]1(C)O[Si](C)(C=C)O[Si](C)(C=C)O[Si](C)(C=C)O1.C[SiH](C)O[SiH](C)C.C[Si](C)(C)O[Si](C)(C)O[Si](C)(C)C.C[Si]1(C)O[Si](C)(C)O[Si](C)(C)O1.C[Si]1(C)O[Si](C)(C)O[Si](C)(C)O[Si](C)(C)O1. The highest BCUT2D eigenvalue weighted by atomic mass is 28.5. The molecular formula is C52H134O17Si20. The smallest absolute Gasteiger partial charge is 0.344 e. The first kappa shape index (κ1) is 94.8. The zero-order valence-electron chi connectivity index (χ0n) is 63.4. The van der Waals surface area contributed by atoms with Gasteiger partial charge in [0.05, 0.1) is 8.07 Å². The van der Waals surface area contributed by atoms with Crippen LogP contribution in [0.15, 0.2) is 98.2 Å². The fourth-order valence-electron chi connectivity index (χ4n) is 9.88. The highest BCUT2D eigenvalue weighted by molar-refractivity contribution is 7.00. The molecule has 4 rings (SSSR count). The monoisotopic (exact) mass is 1590 g/mol. The summed E-state index contributed by atoms with van der Waals surface area (Å²) >= 11 is 0. The van der Waals surface area contributed by atoms with E-state index in [0.29, 0.717) is 0 Å². The average Bonchev–Trinajstić information content (AvgIpc) is 3.23. The molecule has 0 radical (unpaired) electrons. The lowest BCUT2D eigenvalue weighted by Crippen LogP contribution is -2.65. The molecule has 0 bridgehead atoms. The Balaban J connectivity index is -0.000000997. The lowest BCUT2D eigenvalue weighted by Gasteiger charge is -2.46. The minimum Gasteiger partial charge on any atom is -0.461 e. The molecule has 524 valence electrons. The van der Waals surface area contributed by atoms with Crippen molar-refractivity contribution in [3.63, 3.8) is 0 Å². The number of hydrogen-bond acceptors (Lipinski definition) is 17. The third-order valence-electron chi connectivity index (χ3n) is 11.1. The maximum Gasteiger partial charge on any atom is 0.344 e. The van der Waals surface area contributed by atoms with Crippen molar-refractivity contribution < 1.29 is 70.0 Å². The van der Waals surface area contributed by atoms with Gasteiger partial charge in [-0.2, -0.15) is 0 Å². The first-order chi connectivity index (χ1) is 38.9. The maximum atomic E-state index is 6.25. The molecule has 0 spiro atoms. The molecule has 17 nitrogen and oxygen atoms in total. The predicted molar refractivity (Wildman–Crippen MR) is 429 cm³/mol. The molecule has 0 amide bonds. The summed E-state index contributed by atoms with van der Waals surface area (Å²) in [7, 11) is -38.3. The minimum absolute atomic E-state index is 0.667. The van der Waals surface area contributed by atoms with Crippen LogP contribution in [0.1, 0.15) is 0 Å². The van der Waals surface area contributed by atoms with E-state index in [-0.39, 0.29) is 0 Å². The van der Waals surface area contributed by atoms with E-state index in [1.165, 1.54) is 0 Å². The van der Waals surface area contributed by atoms with Gasteiger partial charge in [-0.05, 0) is 216 Å². The Labute approximate surface area is 570 Å². The van der Waals surface area contributed by atoms with Gasteiger partial charge in [-0.3, -0.25) is 0 Å². The molecule has 0 atom stereocenters. The highest BCUT2D eigenvalue weighted by Crippen LogP contribution is 2.35. The molecule has 0 aromatic carbocycles. The quantitative estimate of drug-likeness (QED) is 0.151. The first-order valence-electron chi connectivity index (χ1n) is 30.9. The summed E-state index contributed by atoms with van der Waals surface area (Å²) in [5.41, 5.74) is 14.5. The van der Waals surface area contributed by atoms with Crippen molar-refractivity contribution in [1.82, 2.24) is 0 Å². The van der Waals surface area contributed by atoms with Gasteiger partial charge in [0, 0.05) is 0 Å². The number of hydrogen-bond donors (Lipinski definition) is 0. The van der Waals surface area contributed by atoms with E-state index in [0.717, 1.165) is 0 Å². The second kappa shape index (κ2) is 35.6. The molecule has 4 aliphatic heterocycles. The molecule has 0 aliphatic carbocycles. The van der Waals surface area contributed by atoms with Gasteiger partial charge in [-0.1, -0.05) is 59.5 Å². The van der Waals surface area contributed by atoms with Crippen molar-refractivity contribution in [2.24, 2.45) is 0 Å². The Morgan fingerprint density at radius 3 is 0.449 bits per heavy atom. The Morgan fingerprint density at radius 1 is 0.258 bits per heavy atom. The molecule has 4 saturated heterocycles. The van der Waals surface area contributed by atoms with Crippen LogP contribution in [-0.4, -0.2) is 171 Å².